The van der Waals surface area contributed by atoms with Gasteiger partial charge >= 0.3 is 0 Å². The number of aromatic nitrogens is 2. The van der Waals surface area contributed by atoms with Crippen LogP contribution >= 0.6 is 22.7 Å². The molecule has 1 N–H and O–H groups in total. The number of nitrogens with one attached hydrogen (secondary N) is 1. The molecular weight excluding hydrogens is 274 g/mol. The summed E-state index contributed by atoms with van der Waals surface area (Å²) in [6, 6.07) is 8.11. The maximum Gasteiger partial charge on any atom is 0.125 e. The number of pyridine rings is 2. The fraction of sp³-hybridized carbons (Fsp3) is 0. The monoisotopic (exact) mass is 283 g/mol. The second-order valence-electron chi connectivity index (χ2n) is 4.14. The molecule has 0 saturated carbocycles. The molecule has 19 heavy (non-hydrogen) atoms. The van der Waals surface area contributed by atoms with Crippen LogP contribution in [0.2, 0.25) is 0 Å². The van der Waals surface area contributed by atoms with Crippen LogP contribution < -0.4 is 5.32 Å². The van der Waals surface area contributed by atoms with E-state index in [1.54, 1.807) is 22.7 Å². The van der Waals surface area contributed by atoms with Crippen molar-refractivity contribution in [3.63, 3.8) is 0 Å². The molecule has 0 aliphatic carbocycles. The van der Waals surface area contributed by atoms with E-state index < -0.39 is 0 Å². The molecule has 0 spiro atoms. The molecular formula is C14H9N3S2. The van der Waals surface area contributed by atoms with Gasteiger partial charge in [-0.15, -0.1) is 22.7 Å². The van der Waals surface area contributed by atoms with Gasteiger partial charge in [-0.1, -0.05) is 0 Å². The fourth-order valence-corrected chi connectivity index (χ4v) is 3.76. The molecule has 0 saturated heterocycles. The molecule has 92 valence electrons. The van der Waals surface area contributed by atoms with E-state index in [1.807, 2.05) is 24.5 Å². The number of anilines is 2. The first-order chi connectivity index (χ1) is 9.42. The summed E-state index contributed by atoms with van der Waals surface area (Å²) in [5.74, 6) is 0. The number of hydrogen-bond acceptors (Lipinski definition) is 5. The molecule has 5 heteroatoms. The van der Waals surface area contributed by atoms with Crippen LogP contribution in [0.15, 0.2) is 47.4 Å². The lowest BCUT2D eigenvalue weighted by molar-refractivity contribution is 1.44. The standard InChI is InChI=1S/C14H9N3S2/c1-3-9-11(7-18-13(9)15-5-1)17-12-8-19-14-10(12)4-2-6-16-14/h1-8,17H. The third-order valence-corrected chi connectivity index (χ3v) is 4.77. The Hall–Kier alpha value is -1.98. The minimum atomic E-state index is 1.06. The first-order valence-electron chi connectivity index (χ1n) is 5.83. The maximum absolute atomic E-state index is 4.36. The minimum absolute atomic E-state index is 1.06. The first-order valence-corrected chi connectivity index (χ1v) is 7.59. The summed E-state index contributed by atoms with van der Waals surface area (Å²) in [4.78, 5) is 10.8. The van der Waals surface area contributed by atoms with Gasteiger partial charge in [-0.05, 0) is 24.3 Å². The maximum atomic E-state index is 4.36. The van der Waals surface area contributed by atoms with Crippen molar-refractivity contribution in [3.05, 3.63) is 47.4 Å². The van der Waals surface area contributed by atoms with Crippen molar-refractivity contribution in [1.29, 1.82) is 0 Å². The molecule has 0 unspecified atom stereocenters. The molecule has 4 rings (SSSR count). The molecule has 4 aromatic rings. The van der Waals surface area contributed by atoms with Gasteiger partial charge in [0.05, 0.1) is 11.4 Å². The van der Waals surface area contributed by atoms with Gasteiger partial charge in [-0.25, -0.2) is 9.97 Å². The summed E-state index contributed by atoms with van der Waals surface area (Å²) in [5, 5.41) is 10.0. The Morgan fingerprint density at radius 1 is 0.789 bits per heavy atom. The van der Waals surface area contributed by atoms with Gasteiger partial charge in [-0.3, -0.25) is 0 Å². The highest BCUT2D eigenvalue weighted by Crippen LogP contribution is 2.35. The van der Waals surface area contributed by atoms with E-state index in [1.165, 1.54) is 0 Å². The van der Waals surface area contributed by atoms with Crippen molar-refractivity contribution >= 4 is 54.5 Å². The number of thiophene rings is 2. The van der Waals surface area contributed by atoms with Crippen molar-refractivity contribution < 1.29 is 0 Å². The average Bonchev–Trinajstić information content (AvgIpc) is 3.05. The Labute approximate surface area is 117 Å². The van der Waals surface area contributed by atoms with Gasteiger partial charge < -0.3 is 5.32 Å². The summed E-state index contributed by atoms with van der Waals surface area (Å²) in [6.07, 6.45) is 3.65. The van der Waals surface area contributed by atoms with Crippen LogP contribution in [-0.4, -0.2) is 9.97 Å². The van der Waals surface area contributed by atoms with Gasteiger partial charge in [0.1, 0.15) is 9.66 Å². The molecule has 0 aromatic carbocycles. The Balaban J connectivity index is 1.82. The number of rotatable bonds is 2. The Morgan fingerprint density at radius 2 is 1.32 bits per heavy atom. The zero-order valence-electron chi connectivity index (χ0n) is 9.83. The predicted octanol–water partition coefficient (Wildman–Crippen LogP) is 4.65. The van der Waals surface area contributed by atoms with Crippen LogP contribution in [0.4, 0.5) is 11.4 Å². The van der Waals surface area contributed by atoms with Crippen LogP contribution in [0.3, 0.4) is 0 Å². The van der Waals surface area contributed by atoms with E-state index in [2.05, 4.69) is 38.2 Å². The average molecular weight is 283 g/mol. The third-order valence-electron chi connectivity index (χ3n) is 2.97. The van der Waals surface area contributed by atoms with E-state index >= 15 is 0 Å². The van der Waals surface area contributed by atoms with Crippen molar-refractivity contribution in [1.82, 2.24) is 9.97 Å². The van der Waals surface area contributed by atoms with Gasteiger partial charge in [0.25, 0.3) is 0 Å². The molecule has 0 bridgehead atoms. The summed E-state index contributed by atoms with van der Waals surface area (Å²) in [7, 11) is 0. The normalized spacial score (nSPS) is 11.2. The topological polar surface area (TPSA) is 37.8 Å². The van der Waals surface area contributed by atoms with Crippen molar-refractivity contribution in [2.75, 3.05) is 5.32 Å². The second kappa shape index (κ2) is 4.29. The summed E-state index contributed by atoms with van der Waals surface area (Å²) in [5.41, 5.74) is 2.22. The number of nitrogens with zero attached hydrogens (tertiary/aromatic N) is 2. The van der Waals surface area contributed by atoms with Crippen molar-refractivity contribution in [3.8, 4) is 0 Å². The SMILES string of the molecule is c1cnc2scc(Nc3csc4ncccc34)c2c1. The van der Waals surface area contributed by atoms with E-state index in [9.17, 15) is 0 Å². The van der Waals surface area contributed by atoms with E-state index in [4.69, 9.17) is 0 Å². The molecule has 0 atom stereocenters. The van der Waals surface area contributed by atoms with Gasteiger partial charge in [0.15, 0.2) is 0 Å². The van der Waals surface area contributed by atoms with Crippen LogP contribution in [0.5, 0.6) is 0 Å². The molecule has 0 fully saturated rings. The highest BCUT2D eigenvalue weighted by atomic mass is 32.1. The van der Waals surface area contributed by atoms with Gasteiger partial charge in [0.2, 0.25) is 0 Å². The van der Waals surface area contributed by atoms with Crippen LogP contribution in [0.1, 0.15) is 0 Å². The third kappa shape index (κ3) is 1.78. The summed E-state index contributed by atoms with van der Waals surface area (Å²) < 4.78 is 0. The zero-order valence-corrected chi connectivity index (χ0v) is 11.5. The van der Waals surface area contributed by atoms with Crippen molar-refractivity contribution in [2.24, 2.45) is 0 Å². The number of hydrogen-bond donors (Lipinski definition) is 1. The second-order valence-corrected chi connectivity index (χ2v) is 5.85. The van der Waals surface area contributed by atoms with Gasteiger partial charge in [-0.2, -0.15) is 0 Å². The highest BCUT2D eigenvalue weighted by Gasteiger charge is 2.08. The lowest BCUT2D eigenvalue weighted by atomic mass is 10.2. The Morgan fingerprint density at radius 3 is 1.84 bits per heavy atom. The largest absolute Gasteiger partial charge is 0.353 e. The van der Waals surface area contributed by atoms with Gasteiger partial charge in [0, 0.05) is 33.9 Å². The first kappa shape index (κ1) is 10.9. The Bertz CT molecular complexity index is 791. The van der Waals surface area contributed by atoms with E-state index in [0.29, 0.717) is 0 Å². The van der Waals surface area contributed by atoms with Crippen LogP contribution in [-0.2, 0) is 0 Å². The smallest absolute Gasteiger partial charge is 0.125 e. The van der Waals surface area contributed by atoms with Crippen LogP contribution in [0.25, 0.3) is 20.4 Å². The molecule has 0 radical (unpaired) electrons. The molecule has 0 aliphatic rings. The lowest BCUT2D eigenvalue weighted by Gasteiger charge is -2.03. The molecule has 4 heterocycles. The van der Waals surface area contributed by atoms with Crippen molar-refractivity contribution in [2.45, 2.75) is 0 Å². The summed E-state index contributed by atoms with van der Waals surface area (Å²) in [6.45, 7) is 0. The van der Waals surface area contributed by atoms with E-state index in [0.717, 1.165) is 31.8 Å². The highest BCUT2D eigenvalue weighted by molar-refractivity contribution is 7.18. The minimum Gasteiger partial charge on any atom is -0.353 e. The number of fused-ring (bicyclic) bond motifs is 2. The quantitative estimate of drug-likeness (QED) is 0.582. The Kier molecular flexibility index (Phi) is 2.46. The predicted molar refractivity (Wildman–Crippen MR) is 82.5 cm³/mol. The molecule has 3 nitrogen and oxygen atoms in total. The van der Waals surface area contributed by atoms with Crippen LogP contribution in [0, 0.1) is 0 Å². The fourth-order valence-electron chi connectivity index (χ4n) is 2.07. The van der Waals surface area contributed by atoms with E-state index in [-0.39, 0.29) is 0 Å². The molecule has 0 amide bonds. The lowest BCUT2D eigenvalue weighted by Crippen LogP contribution is -1.87. The molecule has 0 aliphatic heterocycles. The molecule has 4 aromatic heterocycles. The zero-order chi connectivity index (χ0) is 12.7. The summed E-state index contributed by atoms with van der Waals surface area (Å²) >= 11 is 3.31.